The Labute approximate surface area is 95.4 Å². The summed E-state index contributed by atoms with van der Waals surface area (Å²) >= 11 is 0. The third-order valence-electron chi connectivity index (χ3n) is 3.07. The zero-order valence-electron chi connectivity index (χ0n) is 9.58. The lowest BCUT2D eigenvalue weighted by Crippen LogP contribution is -2.26. The van der Waals surface area contributed by atoms with Crippen molar-refractivity contribution in [2.24, 2.45) is 5.92 Å². The van der Waals surface area contributed by atoms with E-state index in [9.17, 15) is 4.79 Å². The van der Waals surface area contributed by atoms with Gasteiger partial charge in [-0.25, -0.2) is 0 Å². The van der Waals surface area contributed by atoms with Crippen molar-refractivity contribution in [3.8, 4) is 0 Å². The zero-order chi connectivity index (χ0) is 11.4. The molecule has 1 aliphatic heterocycles. The van der Waals surface area contributed by atoms with Crippen molar-refractivity contribution in [2.75, 3.05) is 19.6 Å². The molecular formula is C12H18N2O2. The van der Waals surface area contributed by atoms with E-state index in [2.05, 4.69) is 10.6 Å². The first-order valence-corrected chi connectivity index (χ1v) is 5.80. The Morgan fingerprint density at radius 3 is 3.19 bits per heavy atom. The quantitative estimate of drug-likeness (QED) is 0.807. The molecule has 2 rings (SSSR count). The Bertz CT molecular complexity index is 354. The van der Waals surface area contributed by atoms with E-state index in [0.29, 0.717) is 11.7 Å². The van der Waals surface area contributed by atoms with Crippen molar-refractivity contribution in [3.05, 3.63) is 23.7 Å². The molecule has 1 amide bonds. The van der Waals surface area contributed by atoms with Gasteiger partial charge >= 0.3 is 0 Å². The van der Waals surface area contributed by atoms with Gasteiger partial charge in [0.15, 0.2) is 5.76 Å². The third kappa shape index (κ3) is 2.64. The van der Waals surface area contributed by atoms with Crippen molar-refractivity contribution in [2.45, 2.75) is 19.8 Å². The van der Waals surface area contributed by atoms with Gasteiger partial charge in [-0.15, -0.1) is 0 Å². The summed E-state index contributed by atoms with van der Waals surface area (Å²) in [5, 5.41) is 6.21. The number of amides is 1. The van der Waals surface area contributed by atoms with E-state index in [1.807, 2.05) is 6.92 Å². The van der Waals surface area contributed by atoms with E-state index in [-0.39, 0.29) is 5.91 Å². The van der Waals surface area contributed by atoms with E-state index < -0.39 is 0 Å². The fraction of sp³-hybridized carbons (Fsp3) is 0.583. The lowest BCUT2D eigenvalue weighted by molar-refractivity contribution is 0.0923. The molecule has 1 atom stereocenters. The maximum atomic E-state index is 11.7. The molecule has 2 heterocycles. The molecule has 4 heteroatoms. The van der Waals surface area contributed by atoms with Crippen LogP contribution in [-0.4, -0.2) is 25.5 Å². The monoisotopic (exact) mass is 222 g/mol. The van der Waals surface area contributed by atoms with Crippen LogP contribution in [0.4, 0.5) is 0 Å². The second-order valence-electron chi connectivity index (χ2n) is 4.34. The van der Waals surface area contributed by atoms with Crippen molar-refractivity contribution >= 4 is 5.91 Å². The first-order valence-electron chi connectivity index (χ1n) is 5.80. The largest absolute Gasteiger partial charge is 0.459 e. The van der Waals surface area contributed by atoms with Gasteiger partial charge in [-0.2, -0.15) is 0 Å². The lowest BCUT2D eigenvalue weighted by Gasteiger charge is -2.08. The molecule has 1 unspecified atom stereocenters. The Balaban J connectivity index is 1.73. The van der Waals surface area contributed by atoms with Crippen molar-refractivity contribution < 1.29 is 9.21 Å². The predicted molar refractivity (Wildman–Crippen MR) is 61.4 cm³/mol. The standard InChI is InChI=1S/C12H18N2O2/c1-9-4-7-16-11(9)12(15)14-6-3-10-2-5-13-8-10/h4,7,10,13H,2-3,5-6,8H2,1H3,(H,14,15). The highest BCUT2D eigenvalue weighted by Crippen LogP contribution is 2.12. The summed E-state index contributed by atoms with van der Waals surface area (Å²) in [7, 11) is 0. The average molecular weight is 222 g/mol. The van der Waals surface area contributed by atoms with Gasteiger partial charge in [0.05, 0.1) is 6.26 Å². The van der Waals surface area contributed by atoms with E-state index in [4.69, 9.17) is 4.42 Å². The maximum absolute atomic E-state index is 11.7. The molecule has 2 N–H and O–H groups in total. The number of hydrogen-bond acceptors (Lipinski definition) is 3. The minimum atomic E-state index is -0.103. The molecule has 88 valence electrons. The number of hydrogen-bond donors (Lipinski definition) is 2. The van der Waals surface area contributed by atoms with Crippen molar-refractivity contribution in [3.63, 3.8) is 0 Å². The van der Waals surface area contributed by atoms with Crippen molar-refractivity contribution in [1.82, 2.24) is 10.6 Å². The number of nitrogens with one attached hydrogen (secondary N) is 2. The minimum absolute atomic E-state index is 0.103. The third-order valence-corrected chi connectivity index (χ3v) is 3.07. The van der Waals surface area contributed by atoms with Gasteiger partial charge in [-0.1, -0.05) is 0 Å². The van der Waals surface area contributed by atoms with Crippen LogP contribution in [0, 0.1) is 12.8 Å². The second-order valence-corrected chi connectivity index (χ2v) is 4.34. The smallest absolute Gasteiger partial charge is 0.287 e. The molecule has 0 aliphatic carbocycles. The summed E-state index contributed by atoms with van der Waals surface area (Å²) in [5.41, 5.74) is 0.889. The van der Waals surface area contributed by atoms with Gasteiger partial charge in [-0.05, 0) is 44.8 Å². The van der Waals surface area contributed by atoms with Crippen molar-refractivity contribution in [1.29, 1.82) is 0 Å². The number of aryl methyl sites for hydroxylation is 1. The van der Waals surface area contributed by atoms with E-state index in [0.717, 1.165) is 31.6 Å². The number of carbonyl (C=O) groups excluding carboxylic acids is 1. The maximum Gasteiger partial charge on any atom is 0.287 e. The van der Waals surface area contributed by atoms with Crippen LogP contribution in [0.2, 0.25) is 0 Å². The molecule has 1 saturated heterocycles. The number of carbonyl (C=O) groups is 1. The van der Waals surface area contributed by atoms with Crippen LogP contribution in [0.15, 0.2) is 16.7 Å². The first kappa shape index (κ1) is 11.2. The Morgan fingerprint density at radius 2 is 2.56 bits per heavy atom. The highest BCUT2D eigenvalue weighted by atomic mass is 16.3. The van der Waals surface area contributed by atoms with Gasteiger partial charge in [0.2, 0.25) is 0 Å². The van der Waals surface area contributed by atoms with Crippen LogP contribution in [-0.2, 0) is 0 Å². The summed E-state index contributed by atoms with van der Waals surface area (Å²) in [6, 6.07) is 1.80. The molecule has 0 aromatic carbocycles. The molecule has 0 saturated carbocycles. The van der Waals surface area contributed by atoms with Crippen LogP contribution >= 0.6 is 0 Å². The molecule has 0 spiro atoms. The Morgan fingerprint density at radius 1 is 1.69 bits per heavy atom. The number of rotatable bonds is 4. The fourth-order valence-electron chi connectivity index (χ4n) is 2.04. The SMILES string of the molecule is Cc1ccoc1C(=O)NCCC1CCNC1. The summed E-state index contributed by atoms with van der Waals surface area (Å²) < 4.78 is 5.12. The summed E-state index contributed by atoms with van der Waals surface area (Å²) in [4.78, 5) is 11.7. The Kier molecular flexibility index (Phi) is 3.62. The minimum Gasteiger partial charge on any atom is -0.459 e. The van der Waals surface area contributed by atoms with Crippen LogP contribution in [0.25, 0.3) is 0 Å². The Hall–Kier alpha value is -1.29. The summed E-state index contributed by atoms with van der Waals surface area (Å²) in [6.07, 6.45) is 3.80. The van der Waals surface area contributed by atoms with Gasteiger partial charge in [0.1, 0.15) is 0 Å². The van der Waals surface area contributed by atoms with Crippen LogP contribution in [0.3, 0.4) is 0 Å². The van der Waals surface area contributed by atoms with E-state index in [1.54, 1.807) is 12.3 Å². The van der Waals surface area contributed by atoms with Crippen LogP contribution < -0.4 is 10.6 Å². The van der Waals surface area contributed by atoms with Gasteiger partial charge in [0, 0.05) is 12.1 Å². The molecule has 16 heavy (non-hydrogen) atoms. The summed E-state index contributed by atoms with van der Waals surface area (Å²) in [5.74, 6) is 1.04. The molecule has 1 aromatic heterocycles. The molecule has 1 fully saturated rings. The fourth-order valence-corrected chi connectivity index (χ4v) is 2.04. The summed E-state index contributed by atoms with van der Waals surface area (Å²) in [6.45, 7) is 4.79. The van der Waals surface area contributed by atoms with E-state index in [1.165, 1.54) is 6.42 Å². The predicted octanol–water partition coefficient (Wildman–Crippen LogP) is 1.32. The topological polar surface area (TPSA) is 54.3 Å². The molecule has 1 aliphatic rings. The highest BCUT2D eigenvalue weighted by molar-refractivity contribution is 5.92. The first-order chi connectivity index (χ1) is 7.77. The number of furan rings is 1. The lowest BCUT2D eigenvalue weighted by atomic mass is 10.1. The van der Waals surface area contributed by atoms with Gasteiger partial charge in [-0.3, -0.25) is 4.79 Å². The normalized spacial score (nSPS) is 19.9. The molecule has 0 radical (unpaired) electrons. The zero-order valence-corrected chi connectivity index (χ0v) is 9.58. The molecular weight excluding hydrogens is 204 g/mol. The van der Waals surface area contributed by atoms with Crippen LogP contribution in [0.5, 0.6) is 0 Å². The average Bonchev–Trinajstić information content (AvgIpc) is 2.88. The molecule has 4 nitrogen and oxygen atoms in total. The molecule has 1 aromatic rings. The van der Waals surface area contributed by atoms with Gasteiger partial charge in [0.25, 0.3) is 5.91 Å². The highest BCUT2D eigenvalue weighted by Gasteiger charge is 2.16. The van der Waals surface area contributed by atoms with Gasteiger partial charge < -0.3 is 15.1 Å². The van der Waals surface area contributed by atoms with Crippen LogP contribution in [0.1, 0.15) is 29.0 Å². The molecule has 0 bridgehead atoms. The second kappa shape index (κ2) is 5.16. The van der Waals surface area contributed by atoms with E-state index >= 15 is 0 Å².